The van der Waals surface area contributed by atoms with Gasteiger partial charge in [0.05, 0.1) is 17.7 Å². The predicted octanol–water partition coefficient (Wildman–Crippen LogP) is 3.33. The standard InChI is InChI=1S/C13H21N2O5P/c1-2-19-21(18,11-5-3-4-10-14)20-13-8-6-12(7-9-13)15(16)17/h6-9H,2-5,10-11,14H2,1H3. The number of hydrogen-bond acceptors (Lipinski definition) is 6. The molecule has 0 aliphatic rings. The van der Waals surface area contributed by atoms with Crippen molar-refractivity contribution in [3.05, 3.63) is 34.4 Å². The Balaban J connectivity index is 2.67. The van der Waals surface area contributed by atoms with Gasteiger partial charge in [-0.15, -0.1) is 0 Å². The Morgan fingerprint density at radius 1 is 1.24 bits per heavy atom. The summed E-state index contributed by atoms with van der Waals surface area (Å²) in [5.74, 6) is 0.302. The fourth-order valence-corrected chi connectivity index (χ4v) is 3.47. The van der Waals surface area contributed by atoms with E-state index in [9.17, 15) is 14.7 Å². The molecule has 0 heterocycles. The maximum absolute atomic E-state index is 12.6. The molecule has 0 fully saturated rings. The van der Waals surface area contributed by atoms with Crippen LogP contribution in [0.2, 0.25) is 0 Å². The first-order valence-corrected chi connectivity index (χ1v) is 8.61. The number of unbranched alkanes of at least 4 members (excludes halogenated alkanes) is 2. The minimum atomic E-state index is -3.23. The third-order valence-corrected chi connectivity index (χ3v) is 4.76. The van der Waals surface area contributed by atoms with Gasteiger partial charge in [-0.05, 0) is 38.4 Å². The first-order chi connectivity index (χ1) is 10.0. The lowest BCUT2D eigenvalue weighted by Gasteiger charge is -2.18. The van der Waals surface area contributed by atoms with Crippen molar-refractivity contribution in [1.82, 2.24) is 0 Å². The summed E-state index contributed by atoms with van der Waals surface area (Å²) in [7, 11) is -3.23. The lowest BCUT2D eigenvalue weighted by Crippen LogP contribution is -2.04. The number of nitrogens with two attached hydrogens (primary N) is 1. The third-order valence-electron chi connectivity index (χ3n) is 2.75. The summed E-state index contributed by atoms with van der Waals surface area (Å²) in [4.78, 5) is 10.1. The normalized spacial score (nSPS) is 13.6. The lowest BCUT2D eigenvalue weighted by atomic mass is 10.2. The molecule has 1 unspecified atom stereocenters. The maximum Gasteiger partial charge on any atom is 0.379 e. The smallest absolute Gasteiger partial charge is 0.379 e. The molecular weight excluding hydrogens is 295 g/mol. The van der Waals surface area contributed by atoms with Crippen molar-refractivity contribution in [3.63, 3.8) is 0 Å². The molecule has 0 saturated heterocycles. The van der Waals surface area contributed by atoms with Gasteiger partial charge in [-0.1, -0.05) is 6.42 Å². The van der Waals surface area contributed by atoms with Crippen LogP contribution >= 0.6 is 7.60 Å². The molecule has 1 atom stereocenters. The molecule has 21 heavy (non-hydrogen) atoms. The Labute approximate surface area is 124 Å². The van der Waals surface area contributed by atoms with Crippen molar-refractivity contribution < 1.29 is 18.5 Å². The first kappa shape index (κ1) is 17.6. The zero-order chi connectivity index (χ0) is 15.7. The molecular formula is C13H21N2O5P. The summed E-state index contributed by atoms with van der Waals surface area (Å²) in [5.41, 5.74) is 5.37. The van der Waals surface area contributed by atoms with E-state index in [-0.39, 0.29) is 12.3 Å². The number of rotatable bonds is 10. The van der Waals surface area contributed by atoms with Crippen LogP contribution in [0, 0.1) is 10.1 Å². The molecule has 1 aromatic rings. The molecule has 8 heteroatoms. The van der Waals surface area contributed by atoms with Gasteiger partial charge in [-0.2, -0.15) is 0 Å². The summed E-state index contributed by atoms with van der Waals surface area (Å²) in [6.45, 7) is 2.62. The van der Waals surface area contributed by atoms with Crippen LogP contribution in [0.3, 0.4) is 0 Å². The molecule has 0 amide bonds. The minimum Gasteiger partial charge on any atom is -0.424 e. The van der Waals surface area contributed by atoms with Crippen LogP contribution in [0.1, 0.15) is 26.2 Å². The average molecular weight is 316 g/mol. The van der Waals surface area contributed by atoms with Crippen molar-refractivity contribution in [2.24, 2.45) is 5.73 Å². The van der Waals surface area contributed by atoms with Crippen LogP contribution in [0.4, 0.5) is 5.69 Å². The van der Waals surface area contributed by atoms with Crippen LogP contribution < -0.4 is 10.3 Å². The largest absolute Gasteiger partial charge is 0.424 e. The fourth-order valence-electron chi connectivity index (χ4n) is 1.75. The van der Waals surface area contributed by atoms with Crippen LogP contribution in [-0.2, 0) is 9.09 Å². The highest BCUT2D eigenvalue weighted by Crippen LogP contribution is 2.49. The van der Waals surface area contributed by atoms with Gasteiger partial charge >= 0.3 is 7.60 Å². The van der Waals surface area contributed by atoms with Gasteiger partial charge in [-0.25, -0.2) is 4.57 Å². The van der Waals surface area contributed by atoms with Crippen LogP contribution in [-0.4, -0.2) is 24.2 Å². The molecule has 0 radical (unpaired) electrons. The molecule has 7 nitrogen and oxygen atoms in total. The van der Waals surface area contributed by atoms with E-state index in [2.05, 4.69) is 0 Å². The van der Waals surface area contributed by atoms with E-state index in [4.69, 9.17) is 14.8 Å². The van der Waals surface area contributed by atoms with Gasteiger partial charge in [0.2, 0.25) is 0 Å². The SMILES string of the molecule is CCOP(=O)(CCCCCN)Oc1ccc([N+](=O)[O-])cc1. The van der Waals surface area contributed by atoms with Gasteiger partial charge in [-0.3, -0.25) is 10.1 Å². The number of nitro groups is 1. The van der Waals surface area contributed by atoms with Crippen LogP contribution in [0.25, 0.3) is 0 Å². The third kappa shape index (κ3) is 6.25. The van der Waals surface area contributed by atoms with E-state index < -0.39 is 12.5 Å². The van der Waals surface area contributed by atoms with Crippen molar-refractivity contribution in [2.45, 2.75) is 26.2 Å². The number of non-ortho nitro benzene ring substituents is 1. The number of nitrogens with zero attached hydrogens (tertiary/aromatic N) is 1. The van der Waals surface area contributed by atoms with Gasteiger partial charge in [0, 0.05) is 12.1 Å². The Morgan fingerprint density at radius 2 is 1.90 bits per heavy atom. The van der Waals surface area contributed by atoms with Gasteiger partial charge in [0.25, 0.3) is 5.69 Å². The van der Waals surface area contributed by atoms with Crippen molar-refractivity contribution in [3.8, 4) is 5.75 Å². The summed E-state index contributed by atoms with van der Waals surface area (Å²) in [6.07, 6.45) is 2.72. The van der Waals surface area contributed by atoms with Gasteiger partial charge < -0.3 is 14.8 Å². The molecule has 2 N–H and O–H groups in total. The van der Waals surface area contributed by atoms with E-state index in [1.54, 1.807) is 6.92 Å². The summed E-state index contributed by atoms with van der Waals surface area (Å²) >= 11 is 0. The van der Waals surface area contributed by atoms with Crippen molar-refractivity contribution >= 4 is 13.3 Å². The molecule has 1 aromatic carbocycles. The molecule has 0 spiro atoms. The van der Waals surface area contributed by atoms with Gasteiger partial charge in [0.1, 0.15) is 5.75 Å². The van der Waals surface area contributed by atoms with Crippen molar-refractivity contribution in [2.75, 3.05) is 19.3 Å². The second-order valence-electron chi connectivity index (χ2n) is 4.44. The molecule has 118 valence electrons. The highest BCUT2D eigenvalue weighted by Gasteiger charge is 2.25. The summed E-state index contributed by atoms with van der Waals surface area (Å²) in [6, 6.07) is 5.45. The maximum atomic E-state index is 12.6. The monoisotopic (exact) mass is 316 g/mol. The van der Waals surface area contributed by atoms with E-state index in [0.29, 0.717) is 24.9 Å². The van der Waals surface area contributed by atoms with E-state index in [1.165, 1.54) is 24.3 Å². The molecule has 0 aromatic heterocycles. The van der Waals surface area contributed by atoms with E-state index in [1.807, 2.05) is 0 Å². The molecule has 0 bridgehead atoms. The summed E-state index contributed by atoms with van der Waals surface area (Å²) < 4.78 is 23.3. The number of benzene rings is 1. The van der Waals surface area contributed by atoms with Crippen LogP contribution in [0.15, 0.2) is 24.3 Å². The quantitative estimate of drug-likeness (QED) is 0.307. The zero-order valence-electron chi connectivity index (χ0n) is 12.1. The second-order valence-corrected chi connectivity index (χ2v) is 6.55. The Bertz CT molecular complexity index is 492. The van der Waals surface area contributed by atoms with Gasteiger partial charge in [0.15, 0.2) is 0 Å². The molecule has 0 aliphatic heterocycles. The lowest BCUT2D eigenvalue weighted by molar-refractivity contribution is -0.384. The number of nitro benzene ring substituents is 1. The van der Waals surface area contributed by atoms with Crippen LogP contribution in [0.5, 0.6) is 5.75 Å². The topological polar surface area (TPSA) is 105 Å². The van der Waals surface area contributed by atoms with Crippen molar-refractivity contribution in [1.29, 1.82) is 0 Å². The Hall–Kier alpha value is -1.43. The number of hydrogen-bond donors (Lipinski definition) is 1. The predicted molar refractivity (Wildman–Crippen MR) is 80.7 cm³/mol. The fraction of sp³-hybridized carbons (Fsp3) is 0.538. The first-order valence-electron chi connectivity index (χ1n) is 6.88. The minimum absolute atomic E-state index is 0.0449. The Morgan fingerprint density at radius 3 is 2.43 bits per heavy atom. The molecule has 0 saturated carbocycles. The van der Waals surface area contributed by atoms with E-state index in [0.717, 1.165) is 12.8 Å². The summed E-state index contributed by atoms with van der Waals surface area (Å²) in [5, 5.41) is 10.6. The second kappa shape index (κ2) is 8.77. The Kier molecular flexibility index (Phi) is 7.36. The molecule has 0 aliphatic carbocycles. The van der Waals surface area contributed by atoms with E-state index >= 15 is 0 Å². The average Bonchev–Trinajstić information content (AvgIpc) is 2.44. The highest BCUT2D eigenvalue weighted by atomic mass is 31.2. The zero-order valence-corrected chi connectivity index (χ0v) is 13.0. The molecule has 1 rings (SSSR count). The highest BCUT2D eigenvalue weighted by molar-refractivity contribution is 7.54.